The van der Waals surface area contributed by atoms with Crippen LogP contribution in [0.1, 0.15) is 12.8 Å². The van der Waals surface area contributed by atoms with Crippen molar-refractivity contribution in [3.05, 3.63) is 41.1 Å². The van der Waals surface area contributed by atoms with Gasteiger partial charge in [-0.2, -0.15) is 0 Å². The van der Waals surface area contributed by atoms with Crippen LogP contribution in [0.3, 0.4) is 0 Å². The molecule has 1 aromatic heterocycles. The normalized spacial score (nSPS) is 21.8. The molecule has 25 heavy (non-hydrogen) atoms. The maximum Gasteiger partial charge on any atom is 0.271 e. The number of aromatic nitrogens is 2. The van der Waals surface area contributed by atoms with Crippen LogP contribution >= 0.6 is 11.6 Å². The Labute approximate surface area is 148 Å². The van der Waals surface area contributed by atoms with Gasteiger partial charge >= 0.3 is 0 Å². The lowest BCUT2D eigenvalue weighted by molar-refractivity contribution is -0.117. The van der Waals surface area contributed by atoms with Crippen molar-refractivity contribution < 1.29 is 20.1 Å². The number of halogens is 1. The Bertz CT molecular complexity index is 718. The fraction of sp³-hybridized carbons (Fsp3) is 0.400. The highest BCUT2D eigenvalue weighted by Crippen LogP contribution is 2.40. The number of aliphatic hydroxyl groups excluding tert-OH is 3. The van der Waals surface area contributed by atoms with E-state index in [0.29, 0.717) is 11.5 Å². The molecule has 1 fully saturated rings. The first-order chi connectivity index (χ1) is 12.0. The Morgan fingerprint density at radius 1 is 1.36 bits per heavy atom. The third-order valence-corrected chi connectivity index (χ3v) is 4.49. The molecule has 0 bridgehead atoms. The Morgan fingerprint density at radius 3 is 2.68 bits per heavy atom. The Hall–Kier alpha value is -2.20. The van der Waals surface area contributed by atoms with E-state index >= 15 is 0 Å². The van der Waals surface area contributed by atoms with E-state index in [9.17, 15) is 20.1 Å². The monoisotopic (exact) mass is 367 g/mol. The van der Waals surface area contributed by atoms with Crippen molar-refractivity contribution in [2.45, 2.75) is 24.7 Å². The molecule has 10 heteroatoms. The third kappa shape index (κ3) is 3.07. The van der Waals surface area contributed by atoms with E-state index < -0.39 is 17.8 Å². The highest BCUT2D eigenvalue weighted by atomic mass is 35.5. The zero-order chi connectivity index (χ0) is 18.0. The molecule has 9 nitrogen and oxygen atoms in total. The third-order valence-electron chi connectivity index (χ3n) is 4.20. The van der Waals surface area contributed by atoms with Crippen molar-refractivity contribution in [1.82, 2.24) is 20.2 Å². The lowest BCUT2D eigenvalue weighted by Crippen LogP contribution is -2.57. The number of allylic oxidation sites excluding steroid dienone is 2. The Balaban J connectivity index is 1.99. The average Bonchev–Trinajstić information content (AvgIpc) is 2.87. The molecule has 1 aromatic rings. The molecule has 1 unspecified atom stereocenters. The van der Waals surface area contributed by atoms with Gasteiger partial charge in [0.2, 0.25) is 0 Å². The maximum absolute atomic E-state index is 12.4. The van der Waals surface area contributed by atoms with E-state index in [2.05, 4.69) is 20.6 Å². The van der Waals surface area contributed by atoms with E-state index in [1.165, 1.54) is 23.5 Å². The number of carbonyl (C=O) groups excluding carboxylic acids is 1. The van der Waals surface area contributed by atoms with Gasteiger partial charge in [-0.25, -0.2) is 9.97 Å². The summed E-state index contributed by atoms with van der Waals surface area (Å²) >= 11 is 6.26. The fourth-order valence-electron chi connectivity index (χ4n) is 3.13. The van der Waals surface area contributed by atoms with E-state index in [-0.39, 0.29) is 36.8 Å². The quantitative estimate of drug-likeness (QED) is 0.452. The summed E-state index contributed by atoms with van der Waals surface area (Å²) in [6.45, 7) is -0.487. The summed E-state index contributed by atoms with van der Waals surface area (Å²) in [5.41, 5.74) is -0.726. The van der Waals surface area contributed by atoms with Crippen molar-refractivity contribution in [3.63, 3.8) is 0 Å². The van der Waals surface area contributed by atoms with Gasteiger partial charge in [0.25, 0.3) is 5.91 Å². The van der Waals surface area contributed by atoms with Crippen LogP contribution in [-0.4, -0.2) is 61.2 Å². The summed E-state index contributed by atoms with van der Waals surface area (Å²) in [5.74, 6) is -0.0232. The number of nitrogens with one attached hydrogen (secondary N) is 2. The molecule has 0 radical (unpaired) electrons. The van der Waals surface area contributed by atoms with Crippen LogP contribution in [0.5, 0.6) is 0 Å². The van der Waals surface area contributed by atoms with Gasteiger partial charge in [0.05, 0.1) is 10.7 Å². The standard InChI is InChI=1S/C15H18ClN5O4/c16-9-7-10(19-11-1-4-17-8-18-11)14(25)21-12(9)13(24)20-15(21,2-5-22)3-6-23/h1,4,7-8,14,22-23,25H,2-3,5-6H2,(H,20,24)(H,17,18,19). The fourth-order valence-corrected chi connectivity index (χ4v) is 3.42. The molecule has 3 rings (SSSR count). The van der Waals surface area contributed by atoms with Crippen molar-refractivity contribution in [2.24, 2.45) is 0 Å². The molecule has 2 aliphatic rings. The Kier molecular flexibility index (Phi) is 4.91. The van der Waals surface area contributed by atoms with Gasteiger partial charge in [-0.15, -0.1) is 0 Å². The summed E-state index contributed by atoms with van der Waals surface area (Å²) in [7, 11) is 0. The zero-order valence-electron chi connectivity index (χ0n) is 13.2. The average molecular weight is 368 g/mol. The number of amides is 1. The number of rotatable bonds is 6. The van der Waals surface area contributed by atoms with Crippen LogP contribution in [0.4, 0.5) is 5.82 Å². The van der Waals surface area contributed by atoms with Gasteiger partial charge in [0.15, 0.2) is 6.23 Å². The maximum atomic E-state index is 12.4. The summed E-state index contributed by atoms with van der Waals surface area (Å²) < 4.78 is 0. The van der Waals surface area contributed by atoms with Gasteiger partial charge in [0.1, 0.15) is 23.5 Å². The molecule has 1 amide bonds. The minimum absolute atomic E-state index is 0.101. The number of anilines is 1. The van der Waals surface area contributed by atoms with Crippen LogP contribution in [0, 0.1) is 0 Å². The van der Waals surface area contributed by atoms with Crippen molar-refractivity contribution in [1.29, 1.82) is 0 Å². The predicted molar refractivity (Wildman–Crippen MR) is 88.7 cm³/mol. The second kappa shape index (κ2) is 6.96. The number of hydrogen-bond donors (Lipinski definition) is 5. The highest BCUT2D eigenvalue weighted by Gasteiger charge is 2.52. The molecule has 0 spiro atoms. The number of nitrogens with zero attached hydrogens (tertiary/aromatic N) is 3. The summed E-state index contributed by atoms with van der Waals surface area (Å²) in [4.78, 5) is 21.6. The molecule has 0 aliphatic carbocycles. The van der Waals surface area contributed by atoms with E-state index in [1.807, 2.05) is 0 Å². The summed E-state index contributed by atoms with van der Waals surface area (Å²) in [6, 6.07) is 1.61. The number of carbonyl (C=O) groups is 1. The van der Waals surface area contributed by atoms with Gasteiger partial charge in [0, 0.05) is 32.3 Å². The highest BCUT2D eigenvalue weighted by molar-refractivity contribution is 6.33. The lowest BCUT2D eigenvalue weighted by Gasteiger charge is -2.43. The molecular weight excluding hydrogens is 350 g/mol. The van der Waals surface area contributed by atoms with Crippen molar-refractivity contribution in [3.8, 4) is 0 Å². The predicted octanol–water partition coefficient (Wildman–Crippen LogP) is -0.552. The Morgan fingerprint density at radius 2 is 2.08 bits per heavy atom. The van der Waals surface area contributed by atoms with E-state index in [0.717, 1.165) is 0 Å². The summed E-state index contributed by atoms with van der Waals surface area (Å²) in [6.07, 6.45) is 3.33. The van der Waals surface area contributed by atoms with Crippen LogP contribution in [0.15, 0.2) is 41.1 Å². The SMILES string of the molecule is O=C1NC(CCO)(CCO)N2C1=C(Cl)C=C(Nc1ccncn1)C2O. The van der Waals surface area contributed by atoms with Gasteiger partial charge in [-0.3, -0.25) is 4.79 Å². The molecular formula is C15H18ClN5O4. The molecule has 1 saturated heterocycles. The van der Waals surface area contributed by atoms with Gasteiger partial charge < -0.3 is 30.9 Å². The van der Waals surface area contributed by atoms with Crippen LogP contribution in [0.2, 0.25) is 0 Å². The lowest BCUT2D eigenvalue weighted by atomic mass is 9.99. The molecule has 1 atom stereocenters. The van der Waals surface area contributed by atoms with Gasteiger partial charge in [-0.1, -0.05) is 11.6 Å². The van der Waals surface area contributed by atoms with Crippen LogP contribution < -0.4 is 10.6 Å². The largest absolute Gasteiger partial charge is 0.396 e. The first-order valence-corrected chi connectivity index (χ1v) is 8.06. The first kappa shape index (κ1) is 17.6. The first-order valence-electron chi connectivity index (χ1n) is 7.68. The van der Waals surface area contributed by atoms with Gasteiger partial charge in [-0.05, 0) is 12.1 Å². The number of hydrogen-bond acceptors (Lipinski definition) is 8. The number of fused-ring (bicyclic) bond motifs is 1. The molecule has 0 aromatic carbocycles. The van der Waals surface area contributed by atoms with Crippen LogP contribution in [0.25, 0.3) is 0 Å². The second-order valence-electron chi connectivity index (χ2n) is 5.69. The molecule has 0 saturated carbocycles. The molecule has 3 heterocycles. The molecule has 5 N–H and O–H groups in total. The van der Waals surface area contributed by atoms with E-state index in [1.54, 1.807) is 6.07 Å². The molecule has 134 valence electrons. The second-order valence-corrected chi connectivity index (χ2v) is 6.10. The van der Waals surface area contributed by atoms with Crippen molar-refractivity contribution in [2.75, 3.05) is 18.5 Å². The minimum atomic E-state index is -1.25. The van der Waals surface area contributed by atoms with Crippen LogP contribution in [-0.2, 0) is 4.79 Å². The smallest absolute Gasteiger partial charge is 0.271 e. The number of aliphatic hydroxyl groups is 3. The zero-order valence-corrected chi connectivity index (χ0v) is 13.9. The topological polar surface area (TPSA) is 131 Å². The van der Waals surface area contributed by atoms with E-state index in [4.69, 9.17) is 11.6 Å². The minimum Gasteiger partial charge on any atom is -0.396 e. The summed E-state index contributed by atoms with van der Waals surface area (Å²) in [5, 5.41) is 35.5. The molecule has 2 aliphatic heterocycles. The van der Waals surface area contributed by atoms with Crippen molar-refractivity contribution >= 4 is 23.3 Å².